The van der Waals surface area contributed by atoms with Gasteiger partial charge in [-0.15, -0.1) is 24.0 Å². The largest absolute Gasteiger partial charge is 0.393 e. The highest BCUT2D eigenvalue weighted by atomic mass is 127. The number of hydrogen-bond donors (Lipinski definition) is 3. The number of rotatable bonds is 8. The Hall–Kier alpha value is -0.0800. The summed E-state index contributed by atoms with van der Waals surface area (Å²) >= 11 is 0. The van der Waals surface area contributed by atoms with Gasteiger partial charge in [0.1, 0.15) is 0 Å². The minimum absolute atomic E-state index is 0. The summed E-state index contributed by atoms with van der Waals surface area (Å²) in [7, 11) is 0. The van der Waals surface area contributed by atoms with Crippen LogP contribution in [-0.2, 0) is 0 Å². The third-order valence-corrected chi connectivity index (χ3v) is 4.05. The second kappa shape index (κ2) is 13.4. The van der Waals surface area contributed by atoms with Gasteiger partial charge in [0.15, 0.2) is 5.96 Å². The normalized spacial score (nSPS) is 22.3. The molecule has 1 aliphatic rings. The predicted molar refractivity (Wildman–Crippen MR) is 105 cm³/mol. The lowest BCUT2D eigenvalue weighted by Gasteiger charge is -2.27. The van der Waals surface area contributed by atoms with Crippen LogP contribution in [0.2, 0.25) is 0 Å². The van der Waals surface area contributed by atoms with E-state index < -0.39 is 0 Å². The second-order valence-corrected chi connectivity index (χ2v) is 5.84. The number of likely N-dealkylation sites (N-methyl/N-ethyl adjacent to an activating group) is 1. The van der Waals surface area contributed by atoms with Crippen molar-refractivity contribution >= 4 is 29.9 Å². The van der Waals surface area contributed by atoms with Crippen LogP contribution in [0, 0.1) is 0 Å². The van der Waals surface area contributed by atoms with Gasteiger partial charge in [-0.25, -0.2) is 0 Å². The molecule has 0 aromatic rings. The number of halogens is 1. The first-order valence-corrected chi connectivity index (χ1v) is 8.64. The first-order valence-electron chi connectivity index (χ1n) is 8.64. The molecule has 1 rings (SSSR count). The summed E-state index contributed by atoms with van der Waals surface area (Å²) in [6.07, 6.45) is 4.95. The summed E-state index contributed by atoms with van der Waals surface area (Å²) in [5.74, 6) is 0.923. The van der Waals surface area contributed by atoms with Gasteiger partial charge < -0.3 is 20.6 Å². The molecule has 0 atom stereocenters. The fraction of sp³-hybridized carbons (Fsp3) is 0.938. The first-order chi connectivity index (χ1) is 10.2. The van der Waals surface area contributed by atoms with Crippen molar-refractivity contribution in [2.75, 3.05) is 32.7 Å². The predicted octanol–water partition coefficient (Wildman–Crippen LogP) is 2.19. The quantitative estimate of drug-likeness (QED) is 0.317. The molecule has 1 fully saturated rings. The van der Waals surface area contributed by atoms with Gasteiger partial charge in [0.2, 0.25) is 0 Å². The van der Waals surface area contributed by atoms with Crippen molar-refractivity contribution in [3.05, 3.63) is 0 Å². The van der Waals surface area contributed by atoms with Crippen molar-refractivity contribution in [1.29, 1.82) is 0 Å². The molecule has 1 saturated carbocycles. The van der Waals surface area contributed by atoms with E-state index in [0.717, 1.165) is 64.4 Å². The Bertz CT molecular complexity index is 294. The van der Waals surface area contributed by atoms with E-state index in [1.807, 2.05) is 0 Å². The molecule has 0 aromatic carbocycles. The minimum atomic E-state index is -0.102. The van der Waals surface area contributed by atoms with Crippen LogP contribution < -0.4 is 10.6 Å². The van der Waals surface area contributed by atoms with Gasteiger partial charge in [-0.3, -0.25) is 4.99 Å². The van der Waals surface area contributed by atoms with E-state index in [1.165, 1.54) is 6.42 Å². The fourth-order valence-electron chi connectivity index (χ4n) is 2.78. The zero-order valence-electron chi connectivity index (χ0n) is 14.5. The van der Waals surface area contributed by atoms with Crippen molar-refractivity contribution in [1.82, 2.24) is 15.5 Å². The minimum Gasteiger partial charge on any atom is -0.393 e. The number of nitrogens with one attached hydrogen (secondary N) is 2. The highest BCUT2D eigenvalue weighted by molar-refractivity contribution is 14.0. The molecule has 0 unspecified atom stereocenters. The van der Waals surface area contributed by atoms with Crippen LogP contribution >= 0.6 is 24.0 Å². The Kier molecular flexibility index (Phi) is 13.3. The summed E-state index contributed by atoms with van der Waals surface area (Å²) in [4.78, 5) is 7.12. The number of nitrogens with zero attached hydrogens (tertiary/aromatic N) is 2. The van der Waals surface area contributed by atoms with E-state index >= 15 is 0 Å². The third-order valence-electron chi connectivity index (χ3n) is 4.05. The first kappa shape index (κ1) is 21.9. The van der Waals surface area contributed by atoms with Crippen LogP contribution in [0.15, 0.2) is 4.99 Å². The molecule has 0 aliphatic heterocycles. The SMILES string of the molecule is CCCN(CC)CCN=C(NCC)NC1CCC(O)CC1.I. The van der Waals surface area contributed by atoms with Gasteiger partial charge in [0, 0.05) is 19.1 Å². The molecule has 5 nitrogen and oxygen atoms in total. The maximum absolute atomic E-state index is 9.57. The average Bonchev–Trinajstić information content (AvgIpc) is 2.48. The lowest BCUT2D eigenvalue weighted by molar-refractivity contribution is 0.120. The average molecular weight is 426 g/mol. The summed E-state index contributed by atoms with van der Waals surface area (Å²) < 4.78 is 0. The fourth-order valence-corrected chi connectivity index (χ4v) is 2.78. The van der Waals surface area contributed by atoms with Crippen LogP contribution in [0.4, 0.5) is 0 Å². The maximum atomic E-state index is 9.57. The van der Waals surface area contributed by atoms with Crippen LogP contribution in [0.3, 0.4) is 0 Å². The molecule has 0 aromatic heterocycles. The molecule has 0 radical (unpaired) electrons. The summed E-state index contributed by atoms with van der Waals surface area (Å²) in [6, 6.07) is 0.448. The summed E-state index contributed by atoms with van der Waals surface area (Å²) in [5.41, 5.74) is 0. The van der Waals surface area contributed by atoms with Crippen molar-refractivity contribution in [2.24, 2.45) is 4.99 Å². The smallest absolute Gasteiger partial charge is 0.191 e. The Balaban J connectivity index is 0.00000441. The van der Waals surface area contributed by atoms with Crippen LogP contribution in [0.25, 0.3) is 0 Å². The highest BCUT2D eigenvalue weighted by Gasteiger charge is 2.19. The molecular weight excluding hydrogens is 391 g/mol. The summed E-state index contributed by atoms with van der Waals surface area (Å²) in [6.45, 7) is 11.5. The molecule has 3 N–H and O–H groups in total. The van der Waals surface area contributed by atoms with Crippen molar-refractivity contribution < 1.29 is 5.11 Å². The van der Waals surface area contributed by atoms with Crippen molar-refractivity contribution in [3.63, 3.8) is 0 Å². The number of guanidine groups is 1. The van der Waals surface area contributed by atoms with Gasteiger partial charge in [-0.1, -0.05) is 13.8 Å². The number of aliphatic imine (C=N–C) groups is 1. The zero-order chi connectivity index (χ0) is 15.5. The molecular formula is C16H35IN4O. The number of hydrogen-bond acceptors (Lipinski definition) is 3. The van der Waals surface area contributed by atoms with Crippen LogP contribution in [0.5, 0.6) is 0 Å². The van der Waals surface area contributed by atoms with Crippen LogP contribution in [-0.4, -0.2) is 60.8 Å². The standard InChI is InChI=1S/C16H34N4O.HI/c1-4-12-20(6-3)13-11-18-16(17-5-2)19-14-7-9-15(21)10-8-14;/h14-15,21H,4-13H2,1-3H3,(H2,17,18,19);1H. The van der Waals surface area contributed by atoms with E-state index in [0.29, 0.717) is 6.04 Å². The zero-order valence-corrected chi connectivity index (χ0v) is 16.8. The Morgan fingerprint density at radius 2 is 1.82 bits per heavy atom. The Morgan fingerprint density at radius 1 is 1.14 bits per heavy atom. The second-order valence-electron chi connectivity index (χ2n) is 5.84. The maximum Gasteiger partial charge on any atom is 0.191 e. The lowest BCUT2D eigenvalue weighted by Crippen LogP contribution is -2.45. The Morgan fingerprint density at radius 3 is 2.36 bits per heavy atom. The van der Waals surface area contributed by atoms with E-state index in [1.54, 1.807) is 0 Å². The Labute approximate surface area is 153 Å². The molecule has 22 heavy (non-hydrogen) atoms. The summed E-state index contributed by atoms with van der Waals surface area (Å²) in [5, 5.41) is 16.4. The number of aliphatic hydroxyl groups excluding tert-OH is 1. The molecule has 1 aliphatic carbocycles. The molecule has 0 spiro atoms. The van der Waals surface area contributed by atoms with E-state index in [4.69, 9.17) is 0 Å². The molecule has 6 heteroatoms. The van der Waals surface area contributed by atoms with Gasteiger partial charge in [0.25, 0.3) is 0 Å². The van der Waals surface area contributed by atoms with E-state index in [9.17, 15) is 5.11 Å². The lowest BCUT2D eigenvalue weighted by atomic mass is 9.93. The molecule has 0 saturated heterocycles. The van der Waals surface area contributed by atoms with Gasteiger partial charge in [-0.2, -0.15) is 0 Å². The van der Waals surface area contributed by atoms with E-state index in [-0.39, 0.29) is 30.1 Å². The molecule has 132 valence electrons. The topological polar surface area (TPSA) is 59.9 Å². The van der Waals surface area contributed by atoms with Gasteiger partial charge in [-0.05, 0) is 52.1 Å². The molecule has 0 heterocycles. The van der Waals surface area contributed by atoms with Gasteiger partial charge >= 0.3 is 0 Å². The van der Waals surface area contributed by atoms with Crippen molar-refractivity contribution in [3.8, 4) is 0 Å². The number of aliphatic hydroxyl groups is 1. The van der Waals surface area contributed by atoms with Crippen molar-refractivity contribution in [2.45, 2.75) is 65.0 Å². The molecule has 0 bridgehead atoms. The monoisotopic (exact) mass is 426 g/mol. The van der Waals surface area contributed by atoms with Gasteiger partial charge in [0.05, 0.1) is 12.6 Å². The van der Waals surface area contributed by atoms with E-state index in [2.05, 4.69) is 41.3 Å². The highest BCUT2D eigenvalue weighted by Crippen LogP contribution is 2.18. The van der Waals surface area contributed by atoms with Crippen LogP contribution in [0.1, 0.15) is 52.9 Å². The third kappa shape index (κ3) is 9.15. The molecule has 0 amide bonds.